The maximum atomic E-state index is 13.1. The molecule has 4 amide bonds. The minimum absolute atomic E-state index is 0.0156. The number of amides is 4. The summed E-state index contributed by atoms with van der Waals surface area (Å²) >= 11 is 0. The fourth-order valence-corrected chi connectivity index (χ4v) is 5.38. The third kappa shape index (κ3) is 5.08. The highest BCUT2D eigenvalue weighted by atomic mass is 16.5. The molecule has 48 heavy (non-hydrogen) atoms. The Morgan fingerprint density at radius 1 is 0.458 bits per heavy atom. The van der Waals surface area contributed by atoms with Gasteiger partial charge in [0.05, 0.1) is 44.8 Å². The fraction of sp³-hybridized carbons (Fsp3) is 0. The molecule has 0 aromatic heterocycles. The molecule has 5 aromatic carbocycles. The van der Waals surface area contributed by atoms with Crippen LogP contribution < -0.4 is 30.7 Å². The van der Waals surface area contributed by atoms with Gasteiger partial charge in [-0.25, -0.2) is 19.4 Å². The van der Waals surface area contributed by atoms with E-state index in [1.165, 1.54) is 60.7 Å². The van der Waals surface area contributed by atoms with E-state index in [9.17, 15) is 28.8 Å². The second kappa shape index (κ2) is 11.4. The minimum Gasteiger partial charge on any atom is -0.423 e. The monoisotopic (exact) mass is 638 g/mol. The number of imide groups is 2. The molecule has 12 heteroatoms. The zero-order chi connectivity index (χ0) is 33.7. The molecule has 0 aliphatic carbocycles. The van der Waals surface area contributed by atoms with Gasteiger partial charge in [-0.3, -0.25) is 19.2 Å². The number of ether oxygens (including phenoxy) is 2. The molecule has 5 aromatic rings. The van der Waals surface area contributed by atoms with Gasteiger partial charge in [-0.05, 0) is 97.1 Å². The van der Waals surface area contributed by atoms with E-state index in [1.54, 1.807) is 48.5 Å². The lowest BCUT2D eigenvalue weighted by Gasteiger charge is -2.13. The molecule has 0 atom stereocenters. The number of fused-ring (bicyclic) bond motifs is 2. The van der Waals surface area contributed by atoms with Crippen molar-refractivity contribution in [2.75, 3.05) is 21.3 Å². The summed E-state index contributed by atoms with van der Waals surface area (Å²) in [7, 11) is 0. The Morgan fingerprint density at radius 2 is 0.833 bits per heavy atom. The van der Waals surface area contributed by atoms with Crippen LogP contribution in [0.1, 0.15) is 62.1 Å². The molecule has 0 saturated heterocycles. The molecule has 0 saturated carbocycles. The predicted molar refractivity (Wildman–Crippen MR) is 173 cm³/mol. The Bertz CT molecular complexity index is 2070. The average Bonchev–Trinajstić information content (AvgIpc) is 3.48. The number of hydrogen-bond acceptors (Lipinski definition) is 10. The van der Waals surface area contributed by atoms with Crippen LogP contribution in [-0.2, 0) is 0 Å². The molecule has 0 spiro atoms. The Hall–Kier alpha value is -7.08. The van der Waals surface area contributed by atoms with Gasteiger partial charge in [-0.15, -0.1) is 0 Å². The van der Waals surface area contributed by atoms with E-state index in [2.05, 4.69) is 0 Å². The van der Waals surface area contributed by atoms with E-state index >= 15 is 0 Å². The molecule has 2 heterocycles. The van der Waals surface area contributed by atoms with Crippen molar-refractivity contribution in [3.8, 4) is 11.5 Å². The Balaban J connectivity index is 1.05. The number of benzene rings is 5. The van der Waals surface area contributed by atoms with Crippen LogP contribution >= 0.6 is 0 Å². The van der Waals surface area contributed by atoms with Gasteiger partial charge in [0.25, 0.3) is 23.6 Å². The standard InChI is InChI=1S/C36H22N4O8/c37-21-6-10-23(11-7-21)39-31(41)27-14-4-19(16-29(27)33(39)43)35(45)47-25-2-1-3-26(18-25)48-36(46)20-5-15-28-30(17-20)34(44)40(32(28)42)24-12-8-22(38)9-13-24/h1-18H,37-38H2. The van der Waals surface area contributed by atoms with Gasteiger partial charge in [0, 0.05) is 17.4 Å². The summed E-state index contributed by atoms with van der Waals surface area (Å²) < 4.78 is 10.9. The van der Waals surface area contributed by atoms with Gasteiger partial charge in [0.2, 0.25) is 0 Å². The molecular weight excluding hydrogens is 616 g/mol. The van der Waals surface area contributed by atoms with Crippen molar-refractivity contribution >= 4 is 58.3 Å². The van der Waals surface area contributed by atoms with Crippen LogP contribution in [0.3, 0.4) is 0 Å². The third-order valence-electron chi connectivity index (χ3n) is 7.77. The number of carbonyl (C=O) groups excluding carboxylic acids is 6. The largest absolute Gasteiger partial charge is 0.423 e. The van der Waals surface area contributed by atoms with Gasteiger partial charge in [0.1, 0.15) is 11.5 Å². The van der Waals surface area contributed by atoms with E-state index < -0.39 is 35.6 Å². The van der Waals surface area contributed by atoms with Gasteiger partial charge in [0.15, 0.2) is 0 Å². The normalized spacial score (nSPS) is 13.4. The number of anilines is 4. The molecule has 2 aliphatic rings. The van der Waals surface area contributed by atoms with Gasteiger partial charge >= 0.3 is 11.9 Å². The average molecular weight is 639 g/mol. The van der Waals surface area contributed by atoms with Crippen LogP contribution in [0.4, 0.5) is 22.7 Å². The van der Waals surface area contributed by atoms with E-state index in [4.69, 9.17) is 20.9 Å². The molecule has 2 aliphatic heterocycles. The highest BCUT2D eigenvalue weighted by Crippen LogP contribution is 2.32. The Kier molecular flexibility index (Phi) is 7.02. The van der Waals surface area contributed by atoms with Crippen molar-refractivity contribution in [2.24, 2.45) is 0 Å². The minimum atomic E-state index is -0.820. The maximum absolute atomic E-state index is 13.1. The zero-order valence-electron chi connectivity index (χ0n) is 24.7. The fourth-order valence-electron chi connectivity index (χ4n) is 5.38. The quantitative estimate of drug-likeness (QED) is 0.113. The summed E-state index contributed by atoms with van der Waals surface area (Å²) in [5.74, 6) is -3.84. The number of nitrogens with two attached hydrogens (primary N) is 2. The molecule has 0 radical (unpaired) electrons. The Labute approximate surface area is 271 Å². The first-order valence-electron chi connectivity index (χ1n) is 14.4. The maximum Gasteiger partial charge on any atom is 0.343 e. The summed E-state index contributed by atoms with van der Waals surface area (Å²) in [5, 5.41) is 0. The van der Waals surface area contributed by atoms with Crippen molar-refractivity contribution < 1.29 is 38.2 Å². The molecule has 0 bridgehead atoms. The van der Waals surface area contributed by atoms with Crippen molar-refractivity contribution in [1.29, 1.82) is 0 Å². The highest BCUT2D eigenvalue weighted by molar-refractivity contribution is 6.35. The lowest BCUT2D eigenvalue weighted by atomic mass is 10.1. The van der Waals surface area contributed by atoms with Gasteiger partial charge < -0.3 is 20.9 Å². The van der Waals surface area contributed by atoms with Gasteiger partial charge in [-0.1, -0.05) is 6.07 Å². The second-order valence-electron chi connectivity index (χ2n) is 10.8. The number of esters is 2. The first-order valence-corrected chi connectivity index (χ1v) is 14.4. The second-order valence-corrected chi connectivity index (χ2v) is 10.8. The van der Waals surface area contributed by atoms with Crippen LogP contribution in [0.5, 0.6) is 11.5 Å². The number of nitrogens with zero attached hydrogens (tertiary/aromatic N) is 2. The molecule has 7 rings (SSSR count). The first kappa shape index (κ1) is 29.6. The predicted octanol–water partition coefficient (Wildman–Crippen LogP) is 4.89. The van der Waals surface area contributed by atoms with Crippen molar-refractivity contribution in [3.63, 3.8) is 0 Å². The van der Waals surface area contributed by atoms with Crippen molar-refractivity contribution in [1.82, 2.24) is 0 Å². The summed E-state index contributed by atoms with van der Waals surface area (Å²) in [6, 6.07) is 26.3. The van der Waals surface area contributed by atoms with E-state index in [0.717, 1.165) is 9.80 Å². The lowest BCUT2D eigenvalue weighted by molar-refractivity contribution is 0.0730. The zero-order valence-corrected chi connectivity index (χ0v) is 24.7. The molecule has 234 valence electrons. The van der Waals surface area contributed by atoms with E-state index in [0.29, 0.717) is 22.7 Å². The Morgan fingerprint density at radius 3 is 1.23 bits per heavy atom. The molecular formula is C36H22N4O8. The molecule has 4 N–H and O–H groups in total. The molecule has 0 fully saturated rings. The van der Waals surface area contributed by atoms with Gasteiger partial charge in [-0.2, -0.15) is 0 Å². The summed E-state index contributed by atoms with van der Waals surface area (Å²) in [6.45, 7) is 0. The number of carbonyl (C=O) groups is 6. The van der Waals surface area contributed by atoms with Crippen LogP contribution in [0.25, 0.3) is 0 Å². The van der Waals surface area contributed by atoms with E-state index in [1.807, 2.05) is 0 Å². The lowest BCUT2D eigenvalue weighted by Crippen LogP contribution is -2.29. The van der Waals surface area contributed by atoms with Crippen LogP contribution in [0, 0.1) is 0 Å². The van der Waals surface area contributed by atoms with Crippen LogP contribution in [0.15, 0.2) is 109 Å². The highest BCUT2D eigenvalue weighted by Gasteiger charge is 2.38. The molecule has 0 unspecified atom stereocenters. The number of hydrogen-bond donors (Lipinski definition) is 2. The number of nitrogen functional groups attached to an aromatic ring is 2. The third-order valence-corrected chi connectivity index (χ3v) is 7.77. The van der Waals surface area contributed by atoms with Crippen molar-refractivity contribution in [3.05, 3.63) is 143 Å². The topological polar surface area (TPSA) is 179 Å². The summed E-state index contributed by atoms with van der Waals surface area (Å²) in [6.07, 6.45) is 0. The first-order chi connectivity index (χ1) is 23.1. The van der Waals surface area contributed by atoms with Crippen LogP contribution in [0.2, 0.25) is 0 Å². The smallest absolute Gasteiger partial charge is 0.343 e. The summed E-state index contributed by atoms with van der Waals surface area (Å²) in [4.78, 5) is 80.2. The van der Waals surface area contributed by atoms with E-state index in [-0.39, 0.29) is 44.9 Å². The number of rotatable bonds is 6. The van der Waals surface area contributed by atoms with Crippen molar-refractivity contribution in [2.45, 2.75) is 0 Å². The van der Waals surface area contributed by atoms with Crippen LogP contribution in [-0.4, -0.2) is 35.6 Å². The SMILES string of the molecule is Nc1ccc(N2C(=O)c3ccc(C(=O)Oc4cccc(OC(=O)c5ccc6c(c5)C(=O)N(c5ccc(N)cc5)C6=O)c4)cc3C2=O)cc1. The molecule has 12 nitrogen and oxygen atoms in total. The summed E-state index contributed by atoms with van der Waals surface area (Å²) in [5.41, 5.74) is 13.4.